The molecule has 0 rings (SSSR count). The molecule has 0 aliphatic rings. The predicted molar refractivity (Wildman–Crippen MR) is 51.6 cm³/mol. The second-order valence-electron chi connectivity index (χ2n) is 2.83. The maximum Gasteiger partial charge on any atom is -0.255 e. The smallest absolute Gasteiger partial charge is 0.255 e. The summed E-state index contributed by atoms with van der Waals surface area (Å²) < 4.78 is -0.757. The van der Waals surface area contributed by atoms with E-state index in [1.54, 1.807) is 6.92 Å². The second kappa shape index (κ2) is 17.3. The summed E-state index contributed by atoms with van der Waals surface area (Å²) in [6, 6.07) is 0. The third-order valence-corrected chi connectivity index (χ3v) is 2.59. The first-order valence-corrected chi connectivity index (χ1v) is 5.97. The summed E-state index contributed by atoms with van der Waals surface area (Å²) in [6.45, 7) is 7.58. The third kappa shape index (κ3) is 38.2. The van der Waals surface area contributed by atoms with E-state index in [1.807, 2.05) is 13.8 Å². The van der Waals surface area contributed by atoms with Gasteiger partial charge in [0.1, 0.15) is 0 Å². The van der Waals surface area contributed by atoms with Gasteiger partial charge in [0.25, 0.3) is 0 Å². The summed E-state index contributed by atoms with van der Waals surface area (Å²) in [5, 5.41) is 32.0. The maximum atomic E-state index is 8.02. The molecule has 9 heteroatoms. The number of hydrogen-bond acceptors (Lipinski definition) is 6. The van der Waals surface area contributed by atoms with Gasteiger partial charge in [-0.25, -0.2) is 0 Å². The molecule has 0 aromatic rings. The van der Waals surface area contributed by atoms with Crippen LogP contribution < -0.4 is 0 Å². The Morgan fingerprint density at radius 3 is 1.12 bits per heavy atom. The van der Waals surface area contributed by atoms with Crippen LogP contribution in [0.2, 0.25) is 3.28 Å². The molecule has 0 saturated heterocycles. The first kappa shape index (κ1) is 26.8. The van der Waals surface area contributed by atoms with Crippen LogP contribution in [0.25, 0.3) is 0 Å². The summed E-state index contributed by atoms with van der Waals surface area (Å²) in [5.74, 6) is 0. The van der Waals surface area contributed by atoms with Crippen molar-refractivity contribution in [2.75, 3.05) is 0 Å². The van der Waals surface area contributed by atoms with Gasteiger partial charge in [-0.05, 0) is 0 Å². The molecule has 0 aromatic heterocycles. The Labute approximate surface area is 126 Å². The van der Waals surface area contributed by atoms with Gasteiger partial charge in [-0.2, -0.15) is 0 Å². The van der Waals surface area contributed by atoms with Crippen molar-refractivity contribution < 1.29 is 78.4 Å². The Kier molecular flexibility index (Phi) is 27.2. The zero-order chi connectivity index (χ0) is 15.1. The Balaban J connectivity index is -0.0000000772. The molecular formula is C8H21Co3O6. The minimum Gasteiger partial charge on any atom is -0.255 e. The molecular weight excluding hydrogens is 369 g/mol. The fraction of sp³-hybridized carbons (Fsp3) is 1.00. The van der Waals surface area contributed by atoms with Gasteiger partial charge < -0.3 is 0 Å². The Morgan fingerprint density at radius 1 is 0.882 bits per heavy atom. The fourth-order valence-corrected chi connectivity index (χ4v) is 0.0645. The van der Waals surface area contributed by atoms with Crippen LogP contribution in [0.3, 0.4) is 0 Å². The maximum absolute atomic E-state index is 8.02. The summed E-state index contributed by atoms with van der Waals surface area (Å²) in [6.07, 6.45) is 1.68. The summed E-state index contributed by atoms with van der Waals surface area (Å²) in [4.78, 5) is 3.95. The van der Waals surface area contributed by atoms with Crippen LogP contribution >= 0.6 is 0 Å². The van der Waals surface area contributed by atoms with Gasteiger partial charge >= 0.3 is 106 Å². The Bertz CT molecular complexity index is 123. The van der Waals surface area contributed by atoms with Crippen LogP contribution in [-0.2, 0) is 52.1 Å². The van der Waals surface area contributed by atoms with Crippen molar-refractivity contribution in [2.45, 2.75) is 48.4 Å². The van der Waals surface area contributed by atoms with Crippen molar-refractivity contribution in [1.29, 1.82) is 0 Å². The molecule has 0 fully saturated rings. The minimum absolute atomic E-state index is 0.0833. The van der Waals surface area contributed by atoms with Gasteiger partial charge in [0.15, 0.2) is 0 Å². The summed E-state index contributed by atoms with van der Waals surface area (Å²) >= 11 is 12.3. The van der Waals surface area contributed by atoms with Gasteiger partial charge in [0, 0.05) is 0 Å². The van der Waals surface area contributed by atoms with E-state index in [4.69, 9.17) is 26.3 Å². The molecule has 1 unspecified atom stereocenters. The Hall–Kier alpha value is 1.28. The zero-order valence-corrected chi connectivity index (χ0v) is 13.2. The van der Waals surface area contributed by atoms with Crippen molar-refractivity contribution >= 4 is 0 Å². The van der Waals surface area contributed by atoms with Gasteiger partial charge in [-0.15, -0.1) is 0 Å². The normalized spacial score (nSPS) is 12.9. The second-order valence-corrected chi connectivity index (χ2v) is 6.60. The van der Waals surface area contributed by atoms with E-state index in [1.165, 1.54) is 0 Å². The quantitative estimate of drug-likeness (QED) is 0.375. The average Bonchev–Trinajstić information content (AvgIpc) is 2.34. The molecule has 5 N–H and O–H groups in total. The van der Waals surface area contributed by atoms with Gasteiger partial charge in [0.05, 0.1) is 0 Å². The molecule has 0 amide bonds. The number of rotatable bonds is 3. The SMILES string of the molecule is CC[C](C)([Co])OO.CC[C](C)([Co])[Co].OO.OO. The van der Waals surface area contributed by atoms with E-state index >= 15 is 0 Å². The molecule has 17 heavy (non-hydrogen) atoms. The standard InChI is InChI=1S/C4H9O2.C4H8.3Co.2H2O2/c1-3-4(2)6-5;1-3-4-2;;;;2*1-2/h5H,3H2,1-2H3;3H2,1-2H3;;;;2*1-2H. The van der Waals surface area contributed by atoms with E-state index in [0.717, 1.165) is 6.42 Å². The first-order valence-electron chi connectivity index (χ1n) is 4.41. The van der Waals surface area contributed by atoms with Crippen LogP contribution in [0.4, 0.5) is 0 Å². The molecule has 116 valence electrons. The van der Waals surface area contributed by atoms with Crippen molar-refractivity contribution in [3.8, 4) is 0 Å². The van der Waals surface area contributed by atoms with E-state index < -0.39 is 4.54 Å². The molecule has 0 radical (unpaired) electrons. The third-order valence-electron chi connectivity index (χ3n) is 1.39. The molecule has 6 nitrogen and oxygen atoms in total. The molecule has 0 bridgehead atoms. The summed E-state index contributed by atoms with van der Waals surface area (Å²) in [7, 11) is 0. The summed E-state index contributed by atoms with van der Waals surface area (Å²) in [5.41, 5.74) is 0. The molecule has 0 heterocycles. The molecule has 0 aliphatic carbocycles. The van der Waals surface area contributed by atoms with E-state index in [-0.39, 0.29) is 3.28 Å². The van der Waals surface area contributed by atoms with E-state index in [9.17, 15) is 0 Å². The van der Waals surface area contributed by atoms with Gasteiger partial charge in [-0.3, -0.25) is 21.0 Å². The molecule has 0 saturated carbocycles. The van der Waals surface area contributed by atoms with Crippen LogP contribution in [0, 0.1) is 0 Å². The van der Waals surface area contributed by atoms with Crippen LogP contribution in [-0.4, -0.2) is 30.8 Å². The van der Waals surface area contributed by atoms with Gasteiger partial charge in [-0.1, -0.05) is 0 Å². The van der Waals surface area contributed by atoms with Crippen LogP contribution in [0.15, 0.2) is 0 Å². The molecule has 0 aliphatic heterocycles. The average molecular weight is 390 g/mol. The van der Waals surface area contributed by atoms with Crippen molar-refractivity contribution in [1.82, 2.24) is 0 Å². The minimum atomic E-state index is -0.674. The predicted octanol–water partition coefficient (Wildman–Crippen LogP) is 2.81. The van der Waals surface area contributed by atoms with Crippen molar-refractivity contribution in [3.63, 3.8) is 0 Å². The van der Waals surface area contributed by atoms with E-state index in [2.05, 4.69) is 59.0 Å². The Morgan fingerprint density at radius 2 is 1.12 bits per heavy atom. The monoisotopic (exact) mass is 390 g/mol. The van der Waals surface area contributed by atoms with Crippen molar-refractivity contribution in [2.24, 2.45) is 0 Å². The van der Waals surface area contributed by atoms with Crippen LogP contribution in [0.5, 0.6) is 0 Å². The molecule has 1 atom stereocenters. The van der Waals surface area contributed by atoms with E-state index in [0.29, 0.717) is 6.42 Å². The van der Waals surface area contributed by atoms with Gasteiger partial charge in [0.2, 0.25) is 0 Å². The fourth-order valence-electron chi connectivity index (χ4n) is 0.0645. The zero-order valence-electron chi connectivity index (χ0n) is 10.1. The van der Waals surface area contributed by atoms with Crippen LogP contribution in [0.1, 0.15) is 40.5 Å². The van der Waals surface area contributed by atoms with Crippen molar-refractivity contribution in [3.05, 3.63) is 0 Å². The number of hydrogen-bond donors (Lipinski definition) is 5. The topological polar surface area (TPSA) is 110 Å². The first-order chi connectivity index (χ1) is 7.68. The largest absolute Gasteiger partial charge is 0.255 e. The molecule has 0 spiro atoms. The molecule has 0 aromatic carbocycles.